The van der Waals surface area contributed by atoms with Gasteiger partial charge in [0.1, 0.15) is 5.02 Å². The van der Waals surface area contributed by atoms with Gasteiger partial charge in [-0.2, -0.15) is 0 Å². The Morgan fingerprint density at radius 1 is 0.875 bits per heavy atom. The fourth-order valence-electron chi connectivity index (χ4n) is 1.35. The lowest BCUT2D eigenvalue weighted by Gasteiger charge is -1.97. The van der Waals surface area contributed by atoms with Gasteiger partial charge in [-0.15, -0.1) is 0 Å². The molecule has 16 heavy (non-hydrogen) atoms. The molecule has 0 saturated heterocycles. The van der Waals surface area contributed by atoms with Crippen molar-refractivity contribution in [2.45, 2.75) is 0 Å². The van der Waals surface area contributed by atoms with Gasteiger partial charge < -0.3 is 0 Å². The Balaban J connectivity index is 2.46. The van der Waals surface area contributed by atoms with Crippen LogP contribution >= 0.6 is 29.9 Å². The first-order chi connectivity index (χ1) is 7.70. The molecule has 0 amide bonds. The summed E-state index contributed by atoms with van der Waals surface area (Å²) in [7, 11) is 0. The third-order valence-electron chi connectivity index (χ3n) is 2.14. The SMILES string of the molecule is S=[P+](c1ccccc1)c1cccc(Cl)c1Cl. The minimum atomic E-state index is -0.841. The Labute approximate surface area is 111 Å². The lowest BCUT2D eigenvalue weighted by molar-refractivity contribution is 1.75. The number of hydrogen-bond donors (Lipinski definition) is 0. The van der Waals surface area contributed by atoms with E-state index in [4.69, 9.17) is 35.0 Å². The van der Waals surface area contributed by atoms with Crippen LogP contribution in [0.3, 0.4) is 0 Å². The molecule has 0 spiro atoms. The summed E-state index contributed by atoms with van der Waals surface area (Å²) in [5.74, 6) is 0. The number of halogens is 2. The van der Waals surface area contributed by atoms with E-state index in [0.29, 0.717) is 10.0 Å². The maximum Gasteiger partial charge on any atom is 0.252 e. The molecule has 0 N–H and O–H groups in total. The first kappa shape index (κ1) is 12.0. The summed E-state index contributed by atoms with van der Waals surface area (Å²) < 4.78 is 0. The van der Waals surface area contributed by atoms with Crippen LogP contribution in [0.15, 0.2) is 48.5 Å². The lowest BCUT2D eigenvalue weighted by Crippen LogP contribution is -2.07. The minimum absolute atomic E-state index is 0.562. The molecule has 0 heterocycles. The smallest absolute Gasteiger partial charge is 0.0825 e. The average molecular weight is 286 g/mol. The summed E-state index contributed by atoms with van der Waals surface area (Å²) in [6.45, 7) is -0.841. The Hall–Kier alpha value is -0.460. The molecule has 2 aromatic carbocycles. The summed E-state index contributed by atoms with van der Waals surface area (Å²) in [6, 6.07) is 15.6. The van der Waals surface area contributed by atoms with Crippen molar-refractivity contribution in [3.63, 3.8) is 0 Å². The topological polar surface area (TPSA) is 0 Å². The molecule has 0 fully saturated rings. The number of benzene rings is 2. The normalized spacial score (nSPS) is 11.2. The Morgan fingerprint density at radius 3 is 2.25 bits per heavy atom. The second-order valence-electron chi connectivity index (χ2n) is 3.20. The van der Waals surface area contributed by atoms with Crippen molar-refractivity contribution in [2.75, 3.05) is 0 Å². The van der Waals surface area contributed by atoms with Crippen molar-refractivity contribution in [1.82, 2.24) is 0 Å². The van der Waals surface area contributed by atoms with Crippen molar-refractivity contribution in [2.24, 2.45) is 0 Å². The first-order valence-electron chi connectivity index (χ1n) is 4.66. The van der Waals surface area contributed by atoms with Crippen LogP contribution < -0.4 is 10.6 Å². The van der Waals surface area contributed by atoms with Crippen LogP contribution in [-0.4, -0.2) is 0 Å². The molecule has 0 radical (unpaired) electrons. The van der Waals surface area contributed by atoms with Gasteiger partial charge in [0.15, 0.2) is 22.4 Å². The zero-order chi connectivity index (χ0) is 11.5. The van der Waals surface area contributed by atoms with E-state index in [1.54, 1.807) is 6.07 Å². The second kappa shape index (κ2) is 5.25. The standard InChI is InChI=1S/C12H8Cl2PS/c13-10-7-4-8-11(12(10)14)15(16)9-5-2-1-3-6-9/h1-8H/q+1. The molecule has 0 aliphatic rings. The molecule has 4 heteroatoms. The third-order valence-corrected chi connectivity index (χ3v) is 5.89. The molecule has 0 aliphatic carbocycles. The third kappa shape index (κ3) is 2.44. The van der Waals surface area contributed by atoms with Crippen LogP contribution in [-0.2, 0) is 11.8 Å². The van der Waals surface area contributed by atoms with Gasteiger partial charge in [-0.25, -0.2) is 0 Å². The van der Waals surface area contributed by atoms with E-state index in [-0.39, 0.29) is 0 Å². The molecule has 0 nitrogen and oxygen atoms in total. The Morgan fingerprint density at radius 2 is 1.56 bits per heavy atom. The van der Waals surface area contributed by atoms with E-state index >= 15 is 0 Å². The van der Waals surface area contributed by atoms with Crippen molar-refractivity contribution in [3.05, 3.63) is 58.6 Å². The summed E-state index contributed by atoms with van der Waals surface area (Å²) in [5.41, 5.74) is 0. The average Bonchev–Trinajstić information content (AvgIpc) is 2.33. The number of rotatable bonds is 2. The summed E-state index contributed by atoms with van der Waals surface area (Å²) in [5, 5.41) is 3.21. The van der Waals surface area contributed by atoms with Crippen molar-refractivity contribution in [3.8, 4) is 0 Å². The molecule has 1 atom stereocenters. The van der Waals surface area contributed by atoms with Gasteiger partial charge in [-0.3, -0.25) is 0 Å². The molecule has 0 bridgehead atoms. The summed E-state index contributed by atoms with van der Waals surface area (Å²) in [4.78, 5) is 0. The van der Waals surface area contributed by atoms with Gasteiger partial charge in [0.25, 0.3) is 6.70 Å². The van der Waals surface area contributed by atoms with E-state index in [1.807, 2.05) is 42.5 Å². The zero-order valence-electron chi connectivity index (χ0n) is 8.23. The monoisotopic (exact) mass is 285 g/mol. The van der Waals surface area contributed by atoms with E-state index in [9.17, 15) is 0 Å². The van der Waals surface area contributed by atoms with Crippen molar-refractivity contribution >= 4 is 52.3 Å². The lowest BCUT2D eigenvalue weighted by atomic mass is 10.4. The highest BCUT2D eigenvalue weighted by Gasteiger charge is 2.22. The summed E-state index contributed by atoms with van der Waals surface area (Å²) in [6.07, 6.45) is 0. The van der Waals surface area contributed by atoms with Crippen LogP contribution in [0.25, 0.3) is 0 Å². The largest absolute Gasteiger partial charge is 0.252 e. The molecule has 0 saturated carbocycles. The van der Waals surface area contributed by atoms with Gasteiger partial charge in [0, 0.05) is 0 Å². The van der Waals surface area contributed by atoms with Gasteiger partial charge in [-0.1, -0.05) is 47.5 Å². The highest BCUT2D eigenvalue weighted by atomic mass is 35.5. The predicted octanol–water partition coefficient (Wildman–Crippen LogP) is 3.89. The van der Waals surface area contributed by atoms with Crippen LogP contribution in [0.2, 0.25) is 10.0 Å². The maximum absolute atomic E-state index is 6.16. The molecule has 0 aromatic heterocycles. The predicted molar refractivity (Wildman–Crippen MR) is 76.5 cm³/mol. The van der Waals surface area contributed by atoms with Crippen LogP contribution in [0, 0.1) is 0 Å². The quantitative estimate of drug-likeness (QED) is 0.755. The second-order valence-corrected chi connectivity index (χ2v) is 6.67. The minimum Gasteiger partial charge on any atom is -0.0825 e. The number of hydrogen-bond acceptors (Lipinski definition) is 1. The zero-order valence-corrected chi connectivity index (χ0v) is 11.5. The van der Waals surface area contributed by atoms with E-state index < -0.39 is 6.70 Å². The van der Waals surface area contributed by atoms with Gasteiger partial charge in [-0.05, 0) is 24.3 Å². The van der Waals surface area contributed by atoms with E-state index in [0.717, 1.165) is 10.6 Å². The van der Waals surface area contributed by atoms with Crippen LogP contribution in [0.4, 0.5) is 0 Å². The fraction of sp³-hybridized carbons (Fsp3) is 0. The van der Waals surface area contributed by atoms with Gasteiger partial charge >= 0.3 is 0 Å². The van der Waals surface area contributed by atoms with Gasteiger partial charge in [0.2, 0.25) is 0 Å². The van der Waals surface area contributed by atoms with E-state index in [2.05, 4.69) is 0 Å². The molecule has 80 valence electrons. The highest BCUT2D eigenvalue weighted by molar-refractivity contribution is 8.12. The van der Waals surface area contributed by atoms with Crippen LogP contribution in [0.5, 0.6) is 0 Å². The molecular formula is C12H8Cl2PS+. The highest BCUT2D eigenvalue weighted by Crippen LogP contribution is 2.29. The molecule has 1 unspecified atom stereocenters. The van der Waals surface area contributed by atoms with Gasteiger partial charge in [0.05, 0.1) is 5.02 Å². The maximum atomic E-state index is 6.16. The molecular weight excluding hydrogens is 278 g/mol. The molecule has 2 rings (SSSR count). The van der Waals surface area contributed by atoms with Crippen molar-refractivity contribution in [1.29, 1.82) is 0 Å². The Bertz CT molecular complexity index is 526. The van der Waals surface area contributed by atoms with Crippen LogP contribution in [0.1, 0.15) is 0 Å². The summed E-state index contributed by atoms with van der Waals surface area (Å²) >= 11 is 17.7. The first-order valence-corrected chi connectivity index (χ1v) is 7.77. The molecule has 0 aliphatic heterocycles. The van der Waals surface area contributed by atoms with Crippen molar-refractivity contribution < 1.29 is 0 Å². The Kier molecular flexibility index (Phi) is 3.94. The molecule has 2 aromatic rings. The van der Waals surface area contributed by atoms with E-state index in [1.165, 1.54) is 0 Å². The fourth-order valence-corrected chi connectivity index (χ4v) is 4.18.